The molecule has 0 saturated heterocycles. The van der Waals surface area contributed by atoms with E-state index in [0.717, 1.165) is 12.0 Å². The van der Waals surface area contributed by atoms with Gasteiger partial charge in [-0.1, -0.05) is 19.1 Å². The Hall–Kier alpha value is 0.0234. The first kappa shape index (κ1) is 15.0. The van der Waals surface area contributed by atoms with E-state index in [9.17, 15) is 0 Å². The molecule has 0 fully saturated rings. The Kier molecular flexibility index (Phi) is 12.1. The van der Waals surface area contributed by atoms with Crippen LogP contribution in [0.1, 0.15) is 18.9 Å². The summed E-state index contributed by atoms with van der Waals surface area (Å²) in [7, 11) is 0. The molecule has 0 heterocycles. The van der Waals surface area contributed by atoms with Gasteiger partial charge < -0.3 is 4.74 Å². The molecule has 0 aromatic heterocycles. The number of ether oxygens (including phenoxy) is 1. The van der Waals surface area contributed by atoms with Gasteiger partial charge in [-0.25, -0.2) is 0 Å². The summed E-state index contributed by atoms with van der Waals surface area (Å²) in [6.45, 7) is 3.45. The molecular formula is C12H15BrOZn. The molecule has 0 atom stereocenters. The fourth-order valence-corrected chi connectivity index (χ4v) is 0.992. The van der Waals surface area contributed by atoms with Crippen LogP contribution in [-0.2, 0) is 27.7 Å². The van der Waals surface area contributed by atoms with E-state index in [1.165, 1.54) is 16.3 Å². The molecule has 0 bridgehead atoms. The van der Waals surface area contributed by atoms with Crippen molar-refractivity contribution in [2.24, 2.45) is 0 Å². The molecule has 0 saturated carbocycles. The number of benzene rings is 1. The summed E-state index contributed by atoms with van der Waals surface area (Å²) in [5.74, 6) is 0. The van der Waals surface area contributed by atoms with Crippen LogP contribution in [0, 0.1) is 6.07 Å². The maximum absolute atomic E-state index is 5.40. The van der Waals surface area contributed by atoms with E-state index in [0.29, 0.717) is 13.2 Å². The minimum atomic E-state index is 0.648. The van der Waals surface area contributed by atoms with E-state index < -0.39 is 0 Å². The van der Waals surface area contributed by atoms with Crippen LogP contribution in [0.25, 0.3) is 0 Å². The number of hydrogen-bond acceptors (Lipinski definition) is 1. The van der Waals surface area contributed by atoms with Gasteiger partial charge in [0.05, 0.1) is 6.61 Å². The monoisotopic (exact) mass is 318 g/mol. The van der Waals surface area contributed by atoms with Crippen molar-refractivity contribution in [2.75, 3.05) is 6.61 Å². The first-order valence-corrected chi connectivity index (χ1v) is 11.8. The van der Waals surface area contributed by atoms with E-state index in [1.54, 1.807) is 0 Å². The Morgan fingerprint density at radius 3 is 2.80 bits per heavy atom. The van der Waals surface area contributed by atoms with Crippen molar-refractivity contribution in [1.29, 1.82) is 0 Å². The van der Waals surface area contributed by atoms with Gasteiger partial charge in [-0.2, -0.15) is 30.3 Å². The van der Waals surface area contributed by atoms with Crippen molar-refractivity contribution in [1.82, 2.24) is 0 Å². The second-order valence-electron chi connectivity index (χ2n) is 2.78. The van der Waals surface area contributed by atoms with Crippen LogP contribution in [0.5, 0.6) is 0 Å². The molecule has 0 aliphatic heterocycles. The van der Waals surface area contributed by atoms with E-state index >= 15 is 0 Å². The Labute approximate surface area is 109 Å². The number of halogens is 1. The number of hydrogen-bond donors (Lipinski definition) is 0. The van der Waals surface area contributed by atoms with Gasteiger partial charge in [-0.05, 0) is 6.42 Å². The van der Waals surface area contributed by atoms with Crippen molar-refractivity contribution < 1.29 is 21.1 Å². The zero-order valence-electron chi connectivity index (χ0n) is 9.08. The second kappa shape index (κ2) is 12.1. The predicted octanol–water partition coefficient (Wildman–Crippen LogP) is 3.81. The van der Waals surface area contributed by atoms with Gasteiger partial charge in [0.1, 0.15) is 0 Å². The van der Waals surface area contributed by atoms with Crippen LogP contribution in [0.3, 0.4) is 0 Å². The van der Waals surface area contributed by atoms with Crippen molar-refractivity contribution in [3.05, 3.63) is 48.0 Å². The summed E-state index contributed by atoms with van der Waals surface area (Å²) in [6.07, 6.45) is 5.22. The van der Waals surface area contributed by atoms with E-state index in [4.69, 9.17) is 4.74 Å². The van der Waals surface area contributed by atoms with Crippen molar-refractivity contribution >= 4 is 13.6 Å². The number of allylic oxidation sites excluding steroid dienone is 1. The van der Waals surface area contributed by atoms with Crippen LogP contribution in [0.4, 0.5) is 0 Å². The second-order valence-corrected chi connectivity index (χ2v) is 2.78. The third-order valence-electron chi connectivity index (χ3n) is 1.65. The van der Waals surface area contributed by atoms with Gasteiger partial charge in [-0.3, -0.25) is 0 Å². The molecule has 15 heavy (non-hydrogen) atoms. The summed E-state index contributed by atoms with van der Waals surface area (Å²) in [6, 6.07) is 11.0. The average Bonchev–Trinajstić information content (AvgIpc) is 2.33. The molecule has 0 aliphatic rings. The Bertz CT molecular complexity index is 249. The quantitative estimate of drug-likeness (QED) is 0.347. The van der Waals surface area contributed by atoms with E-state index in [-0.39, 0.29) is 0 Å². The number of rotatable bonds is 5. The summed E-state index contributed by atoms with van der Waals surface area (Å²) < 4.78 is 5.40. The fraction of sp³-hybridized carbons (Fsp3) is 0.333. The normalized spacial score (nSPS) is 9.87. The molecule has 1 rings (SSSR count). The topological polar surface area (TPSA) is 9.23 Å². The predicted molar refractivity (Wildman–Crippen MR) is 63.3 cm³/mol. The molecule has 3 heteroatoms. The third-order valence-corrected chi connectivity index (χ3v) is 1.65. The summed E-state index contributed by atoms with van der Waals surface area (Å²) in [5.41, 5.74) is 1.10. The summed E-state index contributed by atoms with van der Waals surface area (Å²) in [5, 5.41) is 0. The summed E-state index contributed by atoms with van der Waals surface area (Å²) in [4.78, 5) is 0. The van der Waals surface area contributed by atoms with Crippen LogP contribution in [0.15, 0.2) is 36.4 Å². The van der Waals surface area contributed by atoms with Gasteiger partial charge in [-0.15, -0.1) is 5.56 Å². The first-order valence-electron chi connectivity index (χ1n) is 4.88. The molecule has 1 aromatic carbocycles. The Morgan fingerprint density at radius 2 is 2.20 bits per heavy atom. The van der Waals surface area contributed by atoms with Crippen LogP contribution in [0.2, 0.25) is 0 Å². The van der Waals surface area contributed by atoms with Gasteiger partial charge in [0.2, 0.25) is 0 Å². The Morgan fingerprint density at radius 1 is 1.40 bits per heavy atom. The van der Waals surface area contributed by atoms with E-state index in [1.807, 2.05) is 30.3 Å². The van der Waals surface area contributed by atoms with Gasteiger partial charge in [0.25, 0.3) is 0 Å². The molecule has 1 aromatic rings. The van der Waals surface area contributed by atoms with Gasteiger partial charge >= 0.3 is 30.0 Å². The van der Waals surface area contributed by atoms with E-state index in [2.05, 4.69) is 32.7 Å². The molecule has 78 valence electrons. The van der Waals surface area contributed by atoms with Crippen LogP contribution >= 0.6 is 13.6 Å². The maximum atomic E-state index is 5.40. The molecular weight excluding hydrogens is 305 g/mol. The van der Waals surface area contributed by atoms with Crippen LogP contribution < -0.4 is 0 Å². The van der Waals surface area contributed by atoms with Crippen LogP contribution in [-0.4, -0.2) is 6.61 Å². The standard InChI is InChI=1S/C12H15O.BrH.Zn/c1-2-3-7-10-13-11-12-8-5-4-6-9-12;;/h3-8H,2,10-11H2,1H3;1H;/q-1;;+2/p-1/b7-3-;;. The molecule has 1 nitrogen and oxygen atoms in total. The molecule has 0 amide bonds. The van der Waals surface area contributed by atoms with Gasteiger partial charge in [0, 0.05) is 6.61 Å². The molecule has 0 radical (unpaired) electrons. The first-order chi connectivity index (χ1) is 7.43. The van der Waals surface area contributed by atoms with Crippen molar-refractivity contribution in [2.45, 2.75) is 20.0 Å². The summed E-state index contributed by atoms with van der Waals surface area (Å²) >= 11 is 4.25. The molecule has 0 N–H and O–H groups in total. The molecule has 0 aliphatic carbocycles. The Balaban J connectivity index is 0.000000921. The zero-order chi connectivity index (χ0) is 11.4. The average molecular weight is 321 g/mol. The molecule has 0 spiro atoms. The van der Waals surface area contributed by atoms with Crippen molar-refractivity contribution in [3.8, 4) is 0 Å². The fourth-order valence-electron chi connectivity index (χ4n) is 0.992. The minimum absolute atomic E-state index is 0.648. The SMILES string of the molecule is CC/C=C\COCc1[c-]cccc1.[Zn+][Br]. The van der Waals surface area contributed by atoms with Crippen molar-refractivity contribution in [3.63, 3.8) is 0 Å². The molecule has 0 unspecified atom stereocenters. The third kappa shape index (κ3) is 8.98. The zero-order valence-corrected chi connectivity index (χ0v) is 13.6. The van der Waals surface area contributed by atoms with Gasteiger partial charge in [0.15, 0.2) is 0 Å².